The lowest BCUT2D eigenvalue weighted by atomic mass is 9.79. The topological polar surface area (TPSA) is 55.0 Å². The number of rotatable bonds is 1. The molecule has 1 aliphatic carbocycles. The predicted octanol–water partition coefficient (Wildman–Crippen LogP) is 1.35. The van der Waals surface area contributed by atoms with E-state index in [4.69, 9.17) is 5.73 Å². The lowest BCUT2D eigenvalue weighted by Crippen LogP contribution is -2.32. The van der Waals surface area contributed by atoms with Gasteiger partial charge in [-0.3, -0.25) is 0 Å². The smallest absolute Gasteiger partial charge is 0.225 e. The molecular formula is C13H20N4. The van der Waals surface area contributed by atoms with Crippen molar-refractivity contribution in [1.29, 1.82) is 0 Å². The molecular weight excluding hydrogens is 212 g/mol. The summed E-state index contributed by atoms with van der Waals surface area (Å²) < 4.78 is 0. The zero-order chi connectivity index (χ0) is 11.8. The minimum Gasteiger partial charge on any atom is -0.340 e. The average Bonchev–Trinajstić information content (AvgIpc) is 2.72. The Balaban J connectivity index is 1.75. The van der Waals surface area contributed by atoms with Crippen LogP contribution < -0.4 is 10.6 Å². The molecule has 1 aromatic heterocycles. The highest BCUT2D eigenvalue weighted by Gasteiger charge is 2.37. The third-order valence-corrected chi connectivity index (χ3v) is 4.16. The largest absolute Gasteiger partial charge is 0.340 e. The Morgan fingerprint density at radius 2 is 2.12 bits per heavy atom. The Hall–Kier alpha value is -1.16. The highest BCUT2D eigenvalue weighted by molar-refractivity contribution is 5.32. The first-order valence-corrected chi connectivity index (χ1v) is 6.52. The van der Waals surface area contributed by atoms with Gasteiger partial charge < -0.3 is 10.6 Å². The number of hydrogen-bond acceptors (Lipinski definition) is 4. The molecule has 1 aromatic rings. The first-order chi connectivity index (χ1) is 8.22. The lowest BCUT2D eigenvalue weighted by molar-refractivity contribution is 0.271. The molecule has 2 aliphatic rings. The molecule has 1 unspecified atom stereocenters. The SMILES string of the molecule is Cc1ccnc(N2C[C@H]3CCC(N)C[C@H]3C2)n1. The zero-order valence-electron chi connectivity index (χ0n) is 10.3. The van der Waals surface area contributed by atoms with E-state index in [0.717, 1.165) is 36.6 Å². The Bertz CT molecular complexity index is 406. The van der Waals surface area contributed by atoms with Gasteiger partial charge in [-0.05, 0) is 44.1 Å². The lowest BCUT2D eigenvalue weighted by Gasteiger charge is -2.27. The van der Waals surface area contributed by atoms with Gasteiger partial charge in [-0.1, -0.05) is 0 Å². The van der Waals surface area contributed by atoms with Gasteiger partial charge in [-0.15, -0.1) is 0 Å². The van der Waals surface area contributed by atoms with Crippen LogP contribution in [0.15, 0.2) is 12.3 Å². The maximum Gasteiger partial charge on any atom is 0.225 e. The van der Waals surface area contributed by atoms with Gasteiger partial charge in [0.05, 0.1) is 0 Å². The molecule has 0 radical (unpaired) electrons. The summed E-state index contributed by atoms with van der Waals surface area (Å²) in [4.78, 5) is 11.2. The number of nitrogens with two attached hydrogens (primary N) is 1. The first-order valence-electron chi connectivity index (χ1n) is 6.52. The van der Waals surface area contributed by atoms with Gasteiger partial charge in [-0.2, -0.15) is 0 Å². The van der Waals surface area contributed by atoms with Crippen LogP contribution in [0.4, 0.5) is 5.95 Å². The number of fused-ring (bicyclic) bond motifs is 1. The van der Waals surface area contributed by atoms with Crippen molar-refractivity contribution in [3.05, 3.63) is 18.0 Å². The van der Waals surface area contributed by atoms with E-state index < -0.39 is 0 Å². The fourth-order valence-corrected chi connectivity index (χ4v) is 3.22. The monoisotopic (exact) mass is 232 g/mol. The third kappa shape index (κ3) is 2.14. The molecule has 17 heavy (non-hydrogen) atoms. The van der Waals surface area contributed by atoms with Crippen LogP contribution in [0.2, 0.25) is 0 Å². The van der Waals surface area contributed by atoms with E-state index in [1.54, 1.807) is 0 Å². The Morgan fingerprint density at radius 1 is 1.29 bits per heavy atom. The summed E-state index contributed by atoms with van der Waals surface area (Å²) >= 11 is 0. The zero-order valence-corrected chi connectivity index (χ0v) is 10.3. The number of aromatic nitrogens is 2. The summed E-state index contributed by atoms with van der Waals surface area (Å²) in [5, 5.41) is 0. The molecule has 4 nitrogen and oxygen atoms in total. The summed E-state index contributed by atoms with van der Waals surface area (Å²) in [6.45, 7) is 4.22. The molecule has 4 heteroatoms. The van der Waals surface area contributed by atoms with Crippen molar-refractivity contribution in [2.24, 2.45) is 17.6 Å². The second-order valence-corrected chi connectivity index (χ2v) is 5.50. The summed E-state index contributed by atoms with van der Waals surface area (Å²) in [5.41, 5.74) is 7.09. The molecule has 2 fully saturated rings. The van der Waals surface area contributed by atoms with Gasteiger partial charge in [0.15, 0.2) is 0 Å². The molecule has 2 N–H and O–H groups in total. The van der Waals surface area contributed by atoms with E-state index in [1.165, 1.54) is 19.3 Å². The summed E-state index contributed by atoms with van der Waals surface area (Å²) in [5.74, 6) is 2.45. The summed E-state index contributed by atoms with van der Waals surface area (Å²) in [7, 11) is 0. The number of nitrogens with zero attached hydrogens (tertiary/aromatic N) is 3. The molecule has 0 bridgehead atoms. The third-order valence-electron chi connectivity index (χ3n) is 4.16. The van der Waals surface area contributed by atoms with Crippen LogP contribution >= 0.6 is 0 Å². The molecule has 3 rings (SSSR count). The van der Waals surface area contributed by atoms with E-state index in [0.29, 0.717) is 6.04 Å². The van der Waals surface area contributed by atoms with E-state index in [1.807, 2.05) is 19.2 Å². The van der Waals surface area contributed by atoms with Gasteiger partial charge in [0, 0.05) is 31.0 Å². The van der Waals surface area contributed by atoms with Crippen LogP contribution in [0, 0.1) is 18.8 Å². The van der Waals surface area contributed by atoms with E-state index in [2.05, 4.69) is 14.9 Å². The summed E-state index contributed by atoms with van der Waals surface area (Å²) in [6, 6.07) is 2.36. The van der Waals surface area contributed by atoms with Crippen LogP contribution in [-0.2, 0) is 0 Å². The number of anilines is 1. The normalized spacial score (nSPS) is 32.6. The van der Waals surface area contributed by atoms with Crippen molar-refractivity contribution in [2.45, 2.75) is 32.2 Å². The number of hydrogen-bond donors (Lipinski definition) is 1. The Morgan fingerprint density at radius 3 is 2.94 bits per heavy atom. The molecule has 92 valence electrons. The van der Waals surface area contributed by atoms with Gasteiger partial charge in [0.25, 0.3) is 0 Å². The van der Waals surface area contributed by atoms with Crippen LogP contribution in [0.1, 0.15) is 25.0 Å². The van der Waals surface area contributed by atoms with Crippen molar-refractivity contribution >= 4 is 5.95 Å². The molecule has 0 spiro atoms. The Kier molecular flexibility index (Phi) is 2.74. The van der Waals surface area contributed by atoms with Crippen molar-refractivity contribution < 1.29 is 0 Å². The highest BCUT2D eigenvalue weighted by atomic mass is 15.3. The van der Waals surface area contributed by atoms with Crippen molar-refractivity contribution in [1.82, 2.24) is 9.97 Å². The molecule has 0 aromatic carbocycles. The molecule has 3 atom stereocenters. The molecule has 1 saturated carbocycles. The average molecular weight is 232 g/mol. The Labute approximate surface area is 102 Å². The minimum absolute atomic E-state index is 0.412. The predicted molar refractivity (Wildman–Crippen MR) is 67.8 cm³/mol. The van der Waals surface area contributed by atoms with Crippen molar-refractivity contribution in [3.8, 4) is 0 Å². The number of aryl methyl sites for hydroxylation is 1. The first kappa shape index (κ1) is 11.0. The van der Waals surface area contributed by atoms with E-state index in [9.17, 15) is 0 Å². The highest BCUT2D eigenvalue weighted by Crippen LogP contribution is 2.36. The van der Waals surface area contributed by atoms with Gasteiger partial charge in [-0.25, -0.2) is 9.97 Å². The maximum absolute atomic E-state index is 6.05. The van der Waals surface area contributed by atoms with Gasteiger partial charge in [0.2, 0.25) is 5.95 Å². The van der Waals surface area contributed by atoms with Crippen LogP contribution in [0.5, 0.6) is 0 Å². The van der Waals surface area contributed by atoms with E-state index in [-0.39, 0.29) is 0 Å². The van der Waals surface area contributed by atoms with E-state index >= 15 is 0 Å². The van der Waals surface area contributed by atoms with Crippen molar-refractivity contribution in [2.75, 3.05) is 18.0 Å². The molecule has 1 saturated heterocycles. The second kappa shape index (κ2) is 4.26. The summed E-state index contributed by atoms with van der Waals surface area (Å²) in [6.07, 6.45) is 5.48. The maximum atomic E-state index is 6.05. The van der Waals surface area contributed by atoms with Crippen LogP contribution in [-0.4, -0.2) is 29.1 Å². The van der Waals surface area contributed by atoms with Gasteiger partial charge >= 0.3 is 0 Å². The molecule has 1 aliphatic heterocycles. The van der Waals surface area contributed by atoms with Crippen LogP contribution in [0.25, 0.3) is 0 Å². The van der Waals surface area contributed by atoms with Crippen LogP contribution in [0.3, 0.4) is 0 Å². The fraction of sp³-hybridized carbons (Fsp3) is 0.692. The molecule has 0 amide bonds. The fourth-order valence-electron chi connectivity index (χ4n) is 3.22. The van der Waals surface area contributed by atoms with Crippen molar-refractivity contribution in [3.63, 3.8) is 0 Å². The second-order valence-electron chi connectivity index (χ2n) is 5.50. The van der Waals surface area contributed by atoms with Gasteiger partial charge in [0.1, 0.15) is 0 Å². The quantitative estimate of drug-likeness (QED) is 0.794. The minimum atomic E-state index is 0.412. The molecule has 2 heterocycles. The standard InChI is InChI=1S/C13H20N4/c1-9-4-5-15-13(16-9)17-7-10-2-3-12(14)6-11(10)8-17/h4-5,10-12H,2-3,6-8,14H2,1H3/t10-,11+,12?/m1/s1.